The van der Waals surface area contributed by atoms with Gasteiger partial charge in [0.1, 0.15) is 35.6 Å². The molecule has 75 heavy (non-hydrogen) atoms. The standard InChI is InChI=1S/C45H68N20O10/c46-28(5-1-15-56-42(48)49)39(73)60-22-9-12-33(67)26(19-22)37(71)64-30(7-3-17-58-44(52)53)41(75)62-24-11-14-34(68)27(21-24)38(72)65-31(8-4-18-59-45(54)55)40(74)61-23-10-13-32(66)25(20-23)36(70)63-29(35(47)69)6-2-16-57-43(50)51/h9-14,19-21,28-31,35,66-69H,1-8,15-18,46-47H2,(H,60,73)(H,61,74)(H,62,75)(H,63,70)(H,64,71)(H,65,72)(H4,48,49,56)(H4,50,51,57)(H4,52,53,58)(H4,54,55,59)/t28-,29-,30-,31-,35?/m1/s1. The fourth-order valence-electron chi connectivity index (χ4n) is 6.84. The van der Waals surface area contributed by atoms with Crippen LogP contribution >= 0.6 is 0 Å². The van der Waals surface area contributed by atoms with Gasteiger partial charge in [0.25, 0.3) is 17.7 Å². The van der Waals surface area contributed by atoms with Crippen molar-refractivity contribution in [2.45, 2.75) is 81.8 Å². The zero-order valence-electron chi connectivity index (χ0n) is 40.9. The lowest BCUT2D eigenvalue weighted by molar-refractivity contribution is -0.118. The van der Waals surface area contributed by atoms with Gasteiger partial charge in [-0.15, -0.1) is 0 Å². The predicted octanol–water partition coefficient (Wildman–Crippen LogP) is -3.87. The molecule has 0 saturated carbocycles. The van der Waals surface area contributed by atoms with E-state index in [1.54, 1.807) is 0 Å². The SMILES string of the molecule is NC(N)=NCCC[C@@H](N)C(=O)Nc1ccc(O)c(C(=O)N[C@H](CCCN=C(N)N)C(=O)Nc2ccc(O)c(C(=O)N[C@H](CCCN=C(N)N)C(=O)Nc3ccc(O)c(C(=O)N[C@H](CCCN=C(N)N)C(N)O)c3)c2)c1. The molecule has 0 heterocycles. The number of nitrogens with one attached hydrogen (secondary N) is 6. The molecule has 0 spiro atoms. The van der Waals surface area contributed by atoms with Crippen LogP contribution < -0.4 is 89.2 Å². The molecule has 0 aromatic heterocycles. The molecular formula is C45H68N20O10. The lowest BCUT2D eigenvalue weighted by atomic mass is 10.1. The first-order valence-corrected chi connectivity index (χ1v) is 23.2. The summed E-state index contributed by atoms with van der Waals surface area (Å²) >= 11 is 0. The van der Waals surface area contributed by atoms with E-state index in [2.05, 4.69) is 51.9 Å². The molecule has 3 aromatic rings. The molecule has 0 fully saturated rings. The number of nitrogens with two attached hydrogens (primary N) is 10. The Morgan fingerprint density at radius 3 is 1.08 bits per heavy atom. The number of aliphatic hydroxyl groups is 1. The minimum atomic E-state index is -1.50. The molecule has 0 aliphatic rings. The highest BCUT2D eigenvalue weighted by molar-refractivity contribution is 6.06. The minimum absolute atomic E-state index is 0.000534. The largest absolute Gasteiger partial charge is 0.507 e. The van der Waals surface area contributed by atoms with Crippen molar-refractivity contribution in [3.05, 3.63) is 71.3 Å². The Balaban J connectivity index is 1.84. The van der Waals surface area contributed by atoms with Crippen LogP contribution in [0.25, 0.3) is 0 Å². The number of aliphatic imine (C=N–C) groups is 4. The van der Waals surface area contributed by atoms with E-state index in [0.717, 1.165) is 30.3 Å². The number of carbonyl (C=O) groups is 6. The number of hydrogen-bond donors (Lipinski definition) is 20. The lowest BCUT2D eigenvalue weighted by Gasteiger charge is -2.22. The number of guanidine groups is 4. The number of carbonyl (C=O) groups excluding carboxylic acids is 6. The van der Waals surface area contributed by atoms with Crippen LogP contribution in [0.1, 0.15) is 82.4 Å². The number of phenols is 3. The van der Waals surface area contributed by atoms with Gasteiger partial charge in [0, 0.05) is 43.2 Å². The number of phenolic OH excluding ortho intramolecular Hbond substituents is 3. The van der Waals surface area contributed by atoms with Gasteiger partial charge in [-0.05, 0) is 106 Å². The summed E-state index contributed by atoms with van der Waals surface area (Å²) in [6.45, 7) is 0.529. The summed E-state index contributed by atoms with van der Waals surface area (Å²) in [5, 5.41) is 57.5. The van der Waals surface area contributed by atoms with Crippen LogP contribution in [0.2, 0.25) is 0 Å². The number of hydrogen-bond acceptors (Lipinski definition) is 16. The first-order valence-electron chi connectivity index (χ1n) is 23.2. The van der Waals surface area contributed by atoms with Crippen molar-refractivity contribution in [1.82, 2.24) is 16.0 Å². The van der Waals surface area contributed by atoms with E-state index < -0.39 is 88.7 Å². The highest BCUT2D eigenvalue weighted by atomic mass is 16.3. The van der Waals surface area contributed by atoms with E-state index in [9.17, 15) is 49.2 Å². The molecule has 3 rings (SSSR count). The van der Waals surface area contributed by atoms with Gasteiger partial charge < -0.3 is 110 Å². The Kier molecular flexibility index (Phi) is 24.1. The zero-order chi connectivity index (χ0) is 55.8. The zero-order valence-corrected chi connectivity index (χ0v) is 40.9. The number of amides is 6. The predicted molar refractivity (Wildman–Crippen MR) is 282 cm³/mol. The van der Waals surface area contributed by atoms with E-state index in [1.807, 2.05) is 0 Å². The summed E-state index contributed by atoms with van der Waals surface area (Å²) in [5.74, 6) is -7.25. The molecule has 30 heteroatoms. The average molecular weight is 1050 g/mol. The molecule has 0 aliphatic heterocycles. The number of aromatic hydroxyl groups is 3. The number of anilines is 3. The first-order chi connectivity index (χ1) is 35.4. The maximum absolute atomic E-state index is 13.9. The maximum atomic E-state index is 13.9. The lowest BCUT2D eigenvalue weighted by Crippen LogP contribution is -2.47. The van der Waals surface area contributed by atoms with Gasteiger partial charge in [-0.1, -0.05) is 0 Å². The van der Waals surface area contributed by atoms with Gasteiger partial charge >= 0.3 is 0 Å². The molecule has 1 unspecified atom stereocenters. The molecule has 0 bridgehead atoms. The minimum Gasteiger partial charge on any atom is -0.507 e. The molecule has 6 amide bonds. The van der Waals surface area contributed by atoms with Crippen LogP contribution in [0.5, 0.6) is 17.2 Å². The van der Waals surface area contributed by atoms with E-state index in [1.165, 1.54) is 24.3 Å². The van der Waals surface area contributed by atoms with Crippen molar-refractivity contribution in [2.75, 3.05) is 42.1 Å². The Hall–Kier alpha value is -9.16. The smallest absolute Gasteiger partial charge is 0.255 e. The number of benzene rings is 3. The fourth-order valence-corrected chi connectivity index (χ4v) is 6.84. The number of nitrogens with zero attached hydrogens (tertiary/aromatic N) is 4. The number of rotatable bonds is 29. The summed E-state index contributed by atoms with van der Waals surface area (Å²) in [4.78, 5) is 96.8. The maximum Gasteiger partial charge on any atom is 0.255 e. The monoisotopic (exact) mass is 1050 g/mol. The van der Waals surface area contributed by atoms with Crippen molar-refractivity contribution >= 4 is 76.3 Å². The van der Waals surface area contributed by atoms with Crippen LogP contribution in [-0.4, -0.2) is 136 Å². The van der Waals surface area contributed by atoms with E-state index in [-0.39, 0.29) is 117 Å². The number of aliphatic hydroxyl groups excluding tert-OH is 1. The van der Waals surface area contributed by atoms with Crippen LogP contribution in [0.15, 0.2) is 74.6 Å². The van der Waals surface area contributed by atoms with Crippen LogP contribution in [0.4, 0.5) is 17.1 Å². The fraction of sp³-hybridized carbons (Fsp3) is 0.378. The Morgan fingerprint density at radius 1 is 0.440 bits per heavy atom. The van der Waals surface area contributed by atoms with Crippen molar-refractivity contribution in [2.24, 2.45) is 77.3 Å². The highest BCUT2D eigenvalue weighted by Crippen LogP contribution is 2.26. The average Bonchev–Trinajstić information content (AvgIpc) is 3.34. The van der Waals surface area contributed by atoms with Gasteiger partial charge in [-0.2, -0.15) is 0 Å². The Labute approximate surface area is 430 Å². The third-order valence-electron chi connectivity index (χ3n) is 10.7. The molecule has 0 radical (unpaired) electrons. The molecule has 30 N–H and O–H groups in total. The third kappa shape index (κ3) is 21.2. The van der Waals surface area contributed by atoms with Crippen LogP contribution in [0.3, 0.4) is 0 Å². The molecular weight excluding hydrogens is 981 g/mol. The molecule has 0 saturated heterocycles. The molecule has 30 nitrogen and oxygen atoms in total. The molecule has 5 atom stereocenters. The summed E-state index contributed by atoms with van der Waals surface area (Å²) in [7, 11) is 0. The van der Waals surface area contributed by atoms with Crippen LogP contribution in [0, 0.1) is 0 Å². The van der Waals surface area contributed by atoms with E-state index in [4.69, 9.17) is 57.3 Å². The Bertz CT molecular complexity index is 2590. The molecule has 3 aromatic carbocycles. The quantitative estimate of drug-likeness (QED) is 0.0104. The van der Waals surface area contributed by atoms with Crippen molar-refractivity contribution in [3.63, 3.8) is 0 Å². The summed E-state index contributed by atoms with van der Waals surface area (Å²) in [6.07, 6.45) is -0.224. The van der Waals surface area contributed by atoms with Gasteiger partial charge in [0.15, 0.2) is 23.8 Å². The summed E-state index contributed by atoms with van der Waals surface area (Å²) in [5.41, 5.74) is 53.9. The second-order valence-corrected chi connectivity index (χ2v) is 16.7. The van der Waals surface area contributed by atoms with E-state index >= 15 is 0 Å². The van der Waals surface area contributed by atoms with Gasteiger partial charge in [0.2, 0.25) is 17.7 Å². The van der Waals surface area contributed by atoms with Gasteiger partial charge in [-0.25, -0.2) is 0 Å². The van der Waals surface area contributed by atoms with Crippen LogP contribution in [-0.2, 0) is 14.4 Å². The second-order valence-electron chi connectivity index (χ2n) is 16.7. The van der Waals surface area contributed by atoms with Crippen molar-refractivity contribution in [1.29, 1.82) is 0 Å². The van der Waals surface area contributed by atoms with Gasteiger partial charge in [0.05, 0.1) is 28.8 Å². The van der Waals surface area contributed by atoms with Crippen molar-refractivity contribution in [3.8, 4) is 17.2 Å². The Morgan fingerprint density at radius 2 is 0.747 bits per heavy atom. The first kappa shape index (κ1) is 60.1. The normalized spacial score (nSPS) is 12.7. The van der Waals surface area contributed by atoms with Crippen molar-refractivity contribution < 1.29 is 49.2 Å². The topological polar surface area (TPSA) is 565 Å². The second kappa shape index (κ2) is 30.0. The molecule has 408 valence electrons. The summed E-state index contributed by atoms with van der Waals surface area (Å²) < 4.78 is 0. The third-order valence-corrected chi connectivity index (χ3v) is 10.7. The molecule has 0 aliphatic carbocycles. The van der Waals surface area contributed by atoms with E-state index in [0.29, 0.717) is 12.8 Å². The summed E-state index contributed by atoms with van der Waals surface area (Å²) in [6, 6.07) is 6.03. The van der Waals surface area contributed by atoms with Gasteiger partial charge in [-0.3, -0.25) is 48.7 Å². The highest BCUT2D eigenvalue weighted by Gasteiger charge is 2.27.